The molecule has 0 saturated heterocycles. The van der Waals surface area contributed by atoms with Gasteiger partial charge in [-0.1, -0.05) is 62.4 Å². The molecule has 1 saturated carbocycles. The van der Waals surface area contributed by atoms with Crippen LogP contribution in [0.15, 0.2) is 41.5 Å². The van der Waals surface area contributed by atoms with E-state index in [1.807, 2.05) is 30.3 Å². The van der Waals surface area contributed by atoms with Crippen LogP contribution in [0.1, 0.15) is 44.1 Å². The van der Waals surface area contributed by atoms with Gasteiger partial charge < -0.3 is 10.2 Å². The molecule has 0 aromatic heterocycles. The van der Waals surface area contributed by atoms with Crippen LogP contribution in [0.3, 0.4) is 0 Å². The second-order valence-corrected chi connectivity index (χ2v) is 5.94. The fourth-order valence-electron chi connectivity index (χ4n) is 3.13. The lowest BCUT2D eigenvalue weighted by molar-refractivity contribution is -0.136. The van der Waals surface area contributed by atoms with Crippen molar-refractivity contribution in [3.8, 4) is 0 Å². The van der Waals surface area contributed by atoms with Crippen LogP contribution in [-0.2, 0) is 16.0 Å². The van der Waals surface area contributed by atoms with E-state index >= 15 is 0 Å². The van der Waals surface area contributed by atoms with Gasteiger partial charge in [0.25, 0.3) is 0 Å². The van der Waals surface area contributed by atoms with Gasteiger partial charge in [0.15, 0.2) is 0 Å². The number of benzene rings is 1. The van der Waals surface area contributed by atoms with E-state index in [1.165, 1.54) is 6.42 Å². The molecule has 118 valence electrons. The normalized spacial score (nSPS) is 16.9. The Morgan fingerprint density at radius 3 is 2.05 bits per heavy atom. The highest BCUT2D eigenvalue weighted by Crippen LogP contribution is 2.30. The van der Waals surface area contributed by atoms with Crippen LogP contribution in [0.2, 0.25) is 0 Å². The molecule has 0 heterocycles. The molecule has 4 heteroatoms. The molecule has 0 unspecified atom stereocenters. The minimum Gasteiger partial charge on any atom is -0.478 e. The molecule has 22 heavy (non-hydrogen) atoms. The van der Waals surface area contributed by atoms with E-state index in [0.29, 0.717) is 12.3 Å². The van der Waals surface area contributed by atoms with E-state index in [0.717, 1.165) is 31.2 Å². The molecule has 1 aliphatic carbocycles. The standard InChI is InChI=1S/C18H22O4/c19-17(20)15(11-13-7-3-1-4-8-13)16(18(21)22)12-14-9-5-2-6-10-14/h1,3-4,7-8,14H,2,5-6,9-12H2,(H,19,20)(H,21,22)/b16-15-. The number of aliphatic carboxylic acids is 2. The predicted molar refractivity (Wildman–Crippen MR) is 83.6 cm³/mol. The smallest absolute Gasteiger partial charge is 0.332 e. The molecule has 2 rings (SSSR count). The summed E-state index contributed by atoms with van der Waals surface area (Å²) in [7, 11) is 0. The van der Waals surface area contributed by atoms with E-state index in [2.05, 4.69) is 0 Å². The Kier molecular flexibility index (Phi) is 5.75. The summed E-state index contributed by atoms with van der Waals surface area (Å²) in [5, 5.41) is 18.9. The van der Waals surface area contributed by atoms with E-state index in [1.54, 1.807) is 0 Å². The third-order valence-electron chi connectivity index (χ3n) is 4.32. The first-order chi connectivity index (χ1) is 10.6. The third-order valence-corrected chi connectivity index (χ3v) is 4.32. The maximum absolute atomic E-state index is 11.6. The average molecular weight is 302 g/mol. The highest BCUT2D eigenvalue weighted by Gasteiger charge is 2.24. The molecular formula is C18H22O4. The molecule has 1 fully saturated rings. The molecule has 2 N–H and O–H groups in total. The molecule has 1 aliphatic rings. The Labute approximate surface area is 130 Å². The quantitative estimate of drug-likeness (QED) is 0.786. The fourth-order valence-corrected chi connectivity index (χ4v) is 3.13. The molecule has 0 aliphatic heterocycles. The summed E-state index contributed by atoms with van der Waals surface area (Å²) in [5.74, 6) is -1.93. The van der Waals surface area contributed by atoms with Crippen molar-refractivity contribution in [3.63, 3.8) is 0 Å². The molecule has 4 nitrogen and oxygen atoms in total. The largest absolute Gasteiger partial charge is 0.478 e. The maximum Gasteiger partial charge on any atom is 0.332 e. The van der Waals surface area contributed by atoms with Crippen LogP contribution in [-0.4, -0.2) is 22.2 Å². The summed E-state index contributed by atoms with van der Waals surface area (Å²) >= 11 is 0. The Bertz CT molecular complexity index is 554. The van der Waals surface area contributed by atoms with Gasteiger partial charge in [0, 0.05) is 12.0 Å². The first-order valence-corrected chi connectivity index (χ1v) is 7.80. The van der Waals surface area contributed by atoms with E-state index < -0.39 is 11.9 Å². The molecule has 0 amide bonds. The van der Waals surface area contributed by atoms with Crippen molar-refractivity contribution < 1.29 is 19.8 Å². The van der Waals surface area contributed by atoms with E-state index in [-0.39, 0.29) is 17.6 Å². The van der Waals surface area contributed by atoms with Crippen LogP contribution >= 0.6 is 0 Å². The zero-order valence-electron chi connectivity index (χ0n) is 12.6. The van der Waals surface area contributed by atoms with Gasteiger partial charge in [-0.15, -0.1) is 0 Å². The van der Waals surface area contributed by atoms with Gasteiger partial charge in [0.05, 0.1) is 5.57 Å². The zero-order valence-corrected chi connectivity index (χ0v) is 12.6. The summed E-state index contributed by atoms with van der Waals surface area (Å²) < 4.78 is 0. The molecule has 1 aromatic carbocycles. The lowest BCUT2D eigenvalue weighted by Crippen LogP contribution is -2.17. The SMILES string of the molecule is O=C(O)/C(Cc1ccccc1)=C(/CC1CCCCC1)C(=O)O. The fraction of sp³-hybridized carbons (Fsp3) is 0.444. The van der Waals surface area contributed by atoms with Gasteiger partial charge in [-0.2, -0.15) is 0 Å². The van der Waals surface area contributed by atoms with Crippen molar-refractivity contribution in [2.45, 2.75) is 44.9 Å². The molecule has 0 atom stereocenters. The van der Waals surface area contributed by atoms with Crippen LogP contribution < -0.4 is 0 Å². The minimum atomic E-state index is -1.13. The summed E-state index contributed by atoms with van der Waals surface area (Å²) in [5.41, 5.74) is 0.912. The van der Waals surface area contributed by atoms with Crippen LogP contribution in [0, 0.1) is 5.92 Å². The van der Waals surface area contributed by atoms with E-state index in [9.17, 15) is 19.8 Å². The van der Waals surface area contributed by atoms with Crippen molar-refractivity contribution in [3.05, 3.63) is 47.0 Å². The van der Waals surface area contributed by atoms with Crippen LogP contribution in [0.25, 0.3) is 0 Å². The van der Waals surface area contributed by atoms with Gasteiger partial charge in [-0.3, -0.25) is 0 Å². The van der Waals surface area contributed by atoms with Gasteiger partial charge in [-0.25, -0.2) is 9.59 Å². The van der Waals surface area contributed by atoms with E-state index in [4.69, 9.17) is 0 Å². The summed E-state index contributed by atoms with van der Waals surface area (Å²) in [6, 6.07) is 9.16. The molecule has 0 bridgehead atoms. The van der Waals surface area contributed by atoms with Crippen molar-refractivity contribution in [1.82, 2.24) is 0 Å². The van der Waals surface area contributed by atoms with Crippen LogP contribution in [0.5, 0.6) is 0 Å². The van der Waals surface area contributed by atoms with Crippen molar-refractivity contribution in [1.29, 1.82) is 0 Å². The maximum atomic E-state index is 11.6. The highest BCUT2D eigenvalue weighted by atomic mass is 16.4. The Morgan fingerprint density at radius 2 is 1.50 bits per heavy atom. The van der Waals surface area contributed by atoms with Gasteiger partial charge in [0.2, 0.25) is 0 Å². The topological polar surface area (TPSA) is 74.6 Å². The second kappa shape index (κ2) is 7.78. The lowest BCUT2D eigenvalue weighted by atomic mass is 9.83. The van der Waals surface area contributed by atoms with Gasteiger partial charge in [-0.05, 0) is 17.9 Å². The zero-order chi connectivity index (χ0) is 15.9. The minimum absolute atomic E-state index is 0.0178. The molecular weight excluding hydrogens is 280 g/mol. The van der Waals surface area contributed by atoms with Crippen LogP contribution in [0.4, 0.5) is 0 Å². The highest BCUT2D eigenvalue weighted by molar-refractivity contribution is 5.99. The second-order valence-electron chi connectivity index (χ2n) is 5.94. The van der Waals surface area contributed by atoms with Gasteiger partial charge in [0.1, 0.15) is 0 Å². The number of carbonyl (C=O) groups is 2. The first kappa shape index (κ1) is 16.3. The number of hydrogen-bond donors (Lipinski definition) is 2. The first-order valence-electron chi connectivity index (χ1n) is 7.80. The van der Waals surface area contributed by atoms with Crippen molar-refractivity contribution in [2.75, 3.05) is 0 Å². The lowest BCUT2D eigenvalue weighted by Gasteiger charge is -2.22. The summed E-state index contributed by atoms with van der Waals surface area (Å²) in [6.07, 6.45) is 5.92. The Hall–Kier alpha value is -2.10. The average Bonchev–Trinajstić information content (AvgIpc) is 2.52. The number of carboxylic acids is 2. The predicted octanol–water partition coefficient (Wildman–Crippen LogP) is 3.67. The molecule has 0 spiro atoms. The molecule has 1 aromatic rings. The molecule has 0 radical (unpaired) electrons. The number of hydrogen-bond acceptors (Lipinski definition) is 2. The monoisotopic (exact) mass is 302 g/mol. The van der Waals surface area contributed by atoms with Crippen molar-refractivity contribution in [2.24, 2.45) is 5.92 Å². The Morgan fingerprint density at radius 1 is 0.909 bits per heavy atom. The summed E-state index contributed by atoms with van der Waals surface area (Å²) in [6.45, 7) is 0. The Balaban J connectivity index is 2.26. The van der Waals surface area contributed by atoms with Crippen molar-refractivity contribution >= 4 is 11.9 Å². The third kappa shape index (κ3) is 4.45. The summed E-state index contributed by atoms with van der Waals surface area (Å²) in [4.78, 5) is 23.2. The van der Waals surface area contributed by atoms with Gasteiger partial charge >= 0.3 is 11.9 Å². The number of rotatable bonds is 6. The number of carboxylic acid groups (broad SMARTS) is 2.